The fourth-order valence-corrected chi connectivity index (χ4v) is 5.25. The number of anilines is 1. The molecule has 2 aliphatic carbocycles. The Morgan fingerprint density at radius 3 is 2.66 bits per heavy atom. The number of hydrogen-bond acceptors (Lipinski definition) is 4. The fraction of sp³-hybridized carbons (Fsp3) is 0.269. The van der Waals surface area contributed by atoms with Crippen LogP contribution in [0.1, 0.15) is 35.6 Å². The highest BCUT2D eigenvalue weighted by molar-refractivity contribution is 5.91. The molecule has 2 aromatic heterocycles. The third-order valence-electron chi connectivity index (χ3n) is 7.18. The SMILES string of the molecule is Cc1c(-c2cnn(C)c2)nn(-c2ccccc2)c1NC(=O)NC1c2cc(F)ccc2C2(CC2)[C@@H]1O. The second kappa shape index (κ2) is 7.78. The lowest BCUT2D eigenvalue weighted by Gasteiger charge is -2.21. The van der Waals surface area contributed by atoms with E-state index >= 15 is 0 Å². The van der Waals surface area contributed by atoms with Gasteiger partial charge in [-0.15, -0.1) is 0 Å². The van der Waals surface area contributed by atoms with Gasteiger partial charge in [-0.05, 0) is 55.2 Å². The molecule has 3 N–H and O–H groups in total. The Kier molecular flexibility index (Phi) is 4.79. The zero-order valence-electron chi connectivity index (χ0n) is 19.4. The van der Waals surface area contributed by atoms with E-state index in [2.05, 4.69) is 15.7 Å². The summed E-state index contributed by atoms with van der Waals surface area (Å²) in [6.07, 6.45) is 4.42. The van der Waals surface area contributed by atoms with E-state index in [0.29, 0.717) is 17.1 Å². The Balaban J connectivity index is 1.34. The van der Waals surface area contributed by atoms with Crippen molar-refractivity contribution in [2.45, 2.75) is 37.3 Å². The number of para-hydroxylation sites is 1. The first kappa shape index (κ1) is 21.5. The van der Waals surface area contributed by atoms with Crippen LogP contribution < -0.4 is 10.6 Å². The van der Waals surface area contributed by atoms with Crippen molar-refractivity contribution >= 4 is 11.8 Å². The van der Waals surface area contributed by atoms with E-state index in [4.69, 9.17) is 5.10 Å². The van der Waals surface area contributed by atoms with Gasteiger partial charge in [0, 0.05) is 29.8 Å². The summed E-state index contributed by atoms with van der Waals surface area (Å²) in [5, 5.41) is 25.9. The first-order chi connectivity index (χ1) is 16.9. The van der Waals surface area contributed by atoms with E-state index < -0.39 is 23.6 Å². The maximum atomic E-state index is 14.0. The number of amides is 2. The molecule has 35 heavy (non-hydrogen) atoms. The van der Waals surface area contributed by atoms with Crippen LogP contribution in [-0.2, 0) is 12.5 Å². The summed E-state index contributed by atoms with van der Waals surface area (Å²) in [5.41, 5.74) is 4.24. The average molecular weight is 473 g/mol. The van der Waals surface area contributed by atoms with Gasteiger partial charge in [0.25, 0.3) is 0 Å². The molecule has 2 aliphatic rings. The molecule has 1 saturated carbocycles. The van der Waals surface area contributed by atoms with Crippen LogP contribution in [0.2, 0.25) is 0 Å². The number of carbonyl (C=O) groups excluding carboxylic acids is 1. The summed E-state index contributed by atoms with van der Waals surface area (Å²) in [6.45, 7) is 1.89. The number of carbonyl (C=O) groups is 1. The van der Waals surface area contributed by atoms with Gasteiger partial charge in [0.1, 0.15) is 17.3 Å². The van der Waals surface area contributed by atoms with E-state index in [9.17, 15) is 14.3 Å². The number of aliphatic hydroxyl groups excluding tert-OH is 1. The maximum absolute atomic E-state index is 14.0. The van der Waals surface area contributed by atoms with Crippen LogP contribution in [0.15, 0.2) is 60.9 Å². The fourth-order valence-electron chi connectivity index (χ4n) is 5.25. The largest absolute Gasteiger partial charge is 0.390 e. The lowest BCUT2D eigenvalue weighted by Crippen LogP contribution is -2.39. The first-order valence-electron chi connectivity index (χ1n) is 11.6. The zero-order valence-corrected chi connectivity index (χ0v) is 19.4. The van der Waals surface area contributed by atoms with Crippen LogP contribution in [-0.4, -0.2) is 36.8 Å². The van der Waals surface area contributed by atoms with Crippen molar-refractivity contribution in [3.05, 3.63) is 83.4 Å². The van der Waals surface area contributed by atoms with Crippen LogP contribution in [0.4, 0.5) is 15.0 Å². The summed E-state index contributed by atoms with van der Waals surface area (Å²) < 4.78 is 17.4. The van der Waals surface area contributed by atoms with Crippen molar-refractivity contribution in [1.29, 1.82) is 0 Å². The molecule has 6 rings (SSSR count). The molecule has 2 aromatic carbocycles. The van der Waals surface area contributed by atoms with E-state index in [-0.39, 0.29) is 5.82 Å². The number of urea groups is 1. The number of fused-ring (bicyclic) bond motifs is 2. The minimum absolute atomic E-state index is 0.389. The number of benzene rings is 2. The van der Waals surface area contributed by atoms with Crippen LogP contribution >= 0.6 is 0 Å². The van der Waals surface area contributed by atoms with Gasteiger partial charge in [0.15, 0.2) is 0 Å². The Bertz CT molecular complexity index is 1440. The van der Waals surface area contributed by atoms with E-state index in [1.807, 2.05) is 50.5 Å². The third kappa shape index (κ3) is 3.42. The van der Waals surface area contributed by atoms with Crippen molar-refractivity contribution in [3.8, 4) is 16.9 Å². The molecule has 0 bridgehead atoms. The second-order valence-corrected chi connectivity index (χ2v) is 9.38. The molecule has 1 fully saturated rings. The number of rotatable bonds is 4. The molecule has 2 amide bonds. The van der Waals surface area contributed by atoms with Gasteiger partial charge in [-0.3, -0.25) is 10.00 Å². The summed E-state index contributed by atoms with van der Waals surface area (Å²) in [7, 11) is 1.83. The summed E-state index contributed by atoms with van der Waals surface area (Å²) in [5.74, 6) is 0.112. The monoisotopic (exact) mass is 472 g/mol. The summed E-state index contributed by atoms with van der Waals surface area (Å²) in [6, 6.07) is 12.9. The van der Waals surface area contributed by atoms with Gasteiger partial charge in [-0.2, -0.15) is 10.2 Å². The first-order valence-corrected chi connectivity index (χ1v) is 11.6. The highest BCUT2D eigenvalue weighted by Gasteiger charge is 2.59. The molecule has 8 nitrogen and oxygen atoms in total. The topological polar surface area (TPSA) is 97.0 Å². The van der Waals surface area contributed by atoms with Crippen LogP contribution in [0.25, 0.3) is 16.9 Å². The minimum Gasteiger partial charge on any atom is -0.390 e. The van der Waals surface area contributed by atoms with Crippen LogP contribution in [0.5, 0.6) is 0 Å². The molecule has 0 saturated heterocycles. The van der Waals surface area contributed by atoms with Crippen LogP contribution in [0.3, 0.4) is 0 Å². The van der Waals surface area contributed by atoms with Gasteiger partial charge < -0.3 is 10.4 Å². The number of hydrogen-bond donors (Lipinski definition) is 3. The van der Waals surface area contributed by atoms with E-state index in [1.54, 1.807) is 21.6 Å². The molecule has 4 aromatic rings. The highest BCUT2D eigenvalue weighted by Crippen LogP contribution is 2.60. The predicted octanol–water partition coefficient (Wildman–Crippen LogP) is 3.99. The zero-order chi connectivity index (χ0) is 24.3. The lowest BCUT2D eigenvalue weighted by atomic mass is 9.96. The van der Waals surface area contributed by atoms with Crippen molar-refractivity contribution in [1.82, 2.24) is 24.9 Å². The minimum atomic E-state index is -0.809. The normalized spacial score (nSPS) is 19.5. The van der Waals surface area contributed by atoms with Gasteiger partial charge in [0.2, 0.25) is 0 Å². The molecule has 1 spiro atoms. The van der Waals surface area contributed by atoms with E-state index in [0.717, 1.165) is 35.2 Å². The third-order valence-corrected chi connectivity index (χ3v) is 7.18. The molecule has 2 atom stereocenters. The van der Waals surface area contributed by atoms with Gasteiger partial charge in [0.05, 0.1) is 24.0 Å². The standard InChI is InChI=1S/C26H25FN6O2/c1-15-21(16-13-28-32(2)14-16)31-33(18-6-4-3-5-7-18)24(15)30-25(35)29-22-19-12-17(27)8-9-20(19)26(10-11-26)23(22)34/h3-9,12-14,22-23,34H,10-11H2,1-2H3,(H2,29,30,35)/t22?,23-/m1/s1. The van der Waals surface area contributed by atoms with Crippen LogP contribution in [0, 0.1) is 12.7 Å². The number of aliphatic hydroxyl groups is 1. The van der Waals surface area contributed by atoms with E-state index in [1.165, 1.54) is 12.1 Å². The molecule has 9 heteroatoms. The van der Waals surface area contributed by atoms with Gasteiger partial charge in [-0.1, -0.05) is 24.3 Å². The second-order valence-electron chi connectivity index (χ2n) is 9.38. The highest BCUT2D eigenvalue weighted by atomic mass is 19.1. The maximum Gasteiger partial charge on any atom is 0.320 e. The smallest absolute Gasteiger partial charge is 0.320 e. The molecule has 0 aliphatic heterocycles. The van der Waals surface area contributed by atoms with Crippen molar-refractivity contribution in [2.24, 2.45) is 7.05 Å². The number of nitrogens with one attached hydrogen (secondary N) is 2. The molecule has 2 heterocycles. The summed E-state index contributed by atoms with van der Waals surface area (Å²) in [4.78, 5) is 13.2. The Morgan fingerprint density at radius 2 is 1.97 bits per heavy atom. The molecule has 0 radical (unpaired) electrons. The predicted molar refractivity (Wildman–Crippen MR) is 129 cm³/mol. The molecule has 1 unspecified atom stereocenters. The Morgan fingerprint density at radius 1 is 1.20 bits per heavy atom. The quantitative estimate of drug-likeness (QED) is 0.418. The van der Waals surface area contributed by atoms with Gasteiger partial charge >= 0.3 is 6.03 Å². The van der Waals surface area contributed by atoms with Crippen molar-refractivity contribution in [2.75, 3.05) is 5.32 Å². The average Bonchev–Trinajstić information content (AvgIpc) is 3.38. The number of halogens is 1. The molecular weight excluding hydrogens is 447 g/mol. The van der Waals surface area contributed by atoms with Crippen molar-refractivity contribution < 1.29 is 14.3 Å². The van der Waals surface area contributed by atoms with Gasteiger partial charge in [-0.25, -0.2) is 13.9 Å². The number of nitrogens with zero attached hydrogens (tertiary/aromatic N) is 4. The number of aromatic nitrogens is 4. The molecular formula is C26H25FN6O2. The van der Waals surface area contributed by atoms with Crippen molar-refractivity contribution in [3.63, 3.8) is 0 Å². The molecule has 178 valence electrons. The number of aryl methyl sites for hydroxylation is 1. The summed E-state index contributed by atoms with van der Waals surface area (Å²) >= 11 is 0. The Hall–Kier alpha value is -3.98. The lowest BCUT2D eigenvalue weighted by molar-refractivity contribution is 0.109. The Labute approximate surface area is 201 Å².